The molecule has 0 saturated carbocycles. The van der Waals surface area contributed by atoms with Crippen molar-refractivity contribution in [3.8, 4) is 0 Å². The van der Waals surface area contributed by atoms with Gasteiger partial charge in [-0.05, 0) is 92.3 Å². The minimum absolute atomic E-state index is 0.00672. The highest BCUT2D eigenvalue weighted by Crippen LogP contribution is 2.46. The van der Waals surface area contributed by atoms with Crippen molar-refractivity contribution in [1.82, 2.24) is 10.3 Å². The van der Waals surface area contributed by atoms with Crippen LogP contribution in [0.1, 0.15) is 66.0 Å². The van der Waals surface area contributed by atoms with Gasteiger partial charge in [0, 0.05) is 59.0 Å². The molecule has 0 spiro atoms. The number of ether oxygens (including phenoxy) is 1. The molecule has 2 N–H and O–H groups in total. The molecule has 6 heterocycles. The fraction of sp³-hybridized carbons (Fsp3) is 0.308. The maximum absolute atomic E-state index is 12.3. The van der Waals surface area contributed by atoms with Gasteiger partial charge in [0.2, 0.25) is 0 Å². The van der Waals surface area contributed by atoms with Gasteiger partial charge in [-0.2, -0.15) is 0 Å². The summed E-state index contributed by atoms with van der Waals surface area (Å²) in [6.45, 7) is 10.6. The highest BCUT2D eigenvalue weighted by atomic mass is 16.5. The number of carbonyl (C=O) groups excluding carboxylic acids is 1. The predicted octanol–water partition coefficient (Wildman–Crippen LogP) is 7.72. The average molecular weight is 626 g/mol. The van der Waals surface area contributed by atoms with Crippen LogP contribution in [0.4, 0.5) is 0 Å². The molecule has 1 aromatic heterocycles. The molecule has 5 aliphatic heterocycles. The summed E-state index contributed by atoms with van der Waals surface area (Å²) in [5.41, 5.74) is 15.1. The Bertz CT molecular complexity index is 2000. The number of rotatable bonds is 6. The van der Waals surface area contributed by atoms with E-state index in [-0.39, 0.29) is 17.8 Å². The molecule has 8 bridgehead atoms. The summed E-state index contributed by atoms with van der Waals surface area (Å²) in [4.78, 5) is 32.2. The fourth-order valence-corrected chi connectivity index (χ4v) is 7.35. The van der Waals surface area contributed by atoms with Crippen LogP contribution in [0.2, 0.25) is 0 Å². The zero-order valence-corrected chi connectivity index (χ0v) is 27.7. The first-order valence-electron chi connectivity index (χ1n) is 16.3. The number of carbonyl (C=O) groups is 1. The zero-order valence-electron chi connectivity index (χ0n) is 27.7. The normalized spacial score (nSPS) is 23.4. The van der Waals surface area contributed by atoms with Gasteiger partial charge in [-0.1, -0.05) is 26.0 Å². The molecule has 2 atom stereocenters. The number of aliphatic hydroxyl groups is 1. The number of allylic oxidation sites excluding steroid dienone is 12. The molecule has 0 radical (unpaired) electrons. The van der Waals surface area contributed by atoms with Crippen LogP contribution >= 0.6 is 0 Å². The van der Waals surface area contributed by atoms with Gasteiger partial charge in [0.15, 0.2) is 0 Å². The van der Waals surface area contributed by atoms with Crippen molar-refractivity contribution >= 4 is 29.2 Å². The quantitative estimate of drug-likeness (QED) is 0.315. The van der Waals surface area contributed by atoms with Gasteiger partial charge >= 0.3 is 5.97 Å². The van der Waals surface area contributed by atoms with E-state index < -0.39 is 0 Å². The molecule has 1 aliphatic carbocycles. The Labute approximate surface area is 275 Å². The van der Waals surface area contributed by atoms with E-state index in [1.165, 1.54) is 12.7 Å². The second kappa shape index (κ2) is 11.9. The number of nitrogens with zero attached hydrogens (tertiary/aromatic N) is 4. The molecule has 7 rings (SSSR count). The van der Waals surface area contributed by atoms with Crippen LogP contribution in [-0.4, -0.2) is 40.3 Å². The van der Waals surface area contributed by atoms with Gasteiger partial charge in [0.1, 0.15) is 5.76 Å². The van der Waals surface area contributed by atoms with Crippen LogP contribution in [0.25, 0.3) is 6.08 Å². The Kier molecular flexibility index (Phi) is 7.74. The van der Waals surface area contributed by atoms with Crippen molar-refractivity contribution in [1.29, 1.82) is 0 Å². The molecule has 1 fully saturated rings. The maximum Gasteiger partial charge on any atom is 0.305 e. The number of hydrogen-bond donors (Lipinski definition) is 2. The van der Waals surface area contributed by atoms with Crippen molar-refractivity contribution in [2.45, 2.75) is 60.3 Å². The standard InChI is InChI=1S/C39H39N5O3/c1-7-25-20(2)30-18-34-26(12-11-24-10-8-9-15-40-24)21(3)29(42-34)17-31-22(4)27(13-14-36(46)47-6)38(43-31)28-16-35(45)37-23(5)32(44-39(28)37)19-33(25)41-30/h8-12,15,17-19,22,27,43,45H,7,13-14,16H2,1-6H3/b12-11+,31-17?,33-19?,34-18?,38-28?/t22-,27-/m0/s1. The van der Waals surface area contributed by atoms with Crippen molar-refractivity contribution in [3.63, 3.8) is 0 Å². The van der Waals surface area contributed by atoms with Crippen LogP contribution in [0, 0.1) is 11.8 Å². The monoisotopic (exact) mass is 625 g/mol. The molecular weight excluding hydrogens is 586 g/mol. The molecular formula is C39H39N5O3. The lowest BCUT2D eigenvalue weighted by Gasteiger charge is -2.17. The van der Waals surface area contributed by atoms with E-state index in [1.807, 2.05) is 31.2 Å². The minimum Gasteiger partial charge on any atom is -0.511 e. The van der Waals surface area contributed by atoms with E-state index in [2.05, 4.69) is 62.3 Å². The van der Waals surface area contributed by atoms with Gasteiger partial charge in [0.05, 0.1) is 47.0 Å². The predicted molar refractivity (Wildman–Crippen MR) is 187 cm³/mol. The summed E-state index contributed by atoms with van der Waals surface area (Å²) in [5, 5.41) is 15.0. The zero-order chi connectivity index (χ0) is 33.0. The third kappa shape index (κ3) is 5.22. The number of hydrogen-bond acceptors (Lipinski definition) is 8. The Morgan fingerprint density at radius 2 is 1.81 bits per heavy atom. The average Bonchev–Trinajstić information content (AvgIpc) is 3.82. The number of pyridine rings is 1. The third-order valence-corrected chi connectivity index (χ3v) is 10.1. The van der Waals surface area contributed by atoms with Gasteiger partial charge < -0.3 is 15.2 Å². The molecule has 0 aromatic carbocycles. The number of esters is 1. The van der Waals surface area contributed by atoms with Crippen molar-refractivity contribution in [3.05, 3.63) is 128 Å². The number of aliphatic hydroxyl groups excluding tert-OH is 1. The minimum atomic E-state index is -0.237. The highest BCUT2D eigenvalue weighted by molar-refractivity contribution is 6.21. The Morgan fingerprint density at radius 1 is 1.02 bits per heavy atom. The molecule has 47 heavy (non-hydrogen) atoms. The molecule has 0 amide bonds. The maximum atomic E-state index is 12.3. The lowest BCUT2D eigenvalue weighted by atomic mass is 9.86. The Balaban J connectivity index is 1.44. The van der Waals surface area contributed by atoms with Crippen LogP contribution in [-0.2, 0) is 9.53 Å². The van der Waals surface area contributed by atoms with Crippen LogP contribution in [0.15, 0.2) is 137 Å². The number of aromatic nitrogens is 1. The number of methoxy groups -OCH3 is 1. The van der Waals surface area contributed by atoms with Crippen molar-refractivity contribution in [2.75, 3.05) is 7.11 Å². The second-order valence-electron chi connectivity index (χ2n) is 12.7. The van der Waals surface area contributed by atoms with Crippen LogP contribution in [0.3, 0.4) is 0 Å². The molecule has 0 unspecified atom stereocenters. The van der Waals surface area contributed by atoms with E-state index in [1.54, 1.807) is 6.20 Å². The fourth-order valence-electron chi connectivity index (χ4n) is 7.35. The first-order valence-corrected chi connectivity index (χ1v) is 16.3. The van der Waals surface area contributed by atoms with E-state index in [0.29, 0.717) is 25.0 Å². The molecule has 238 valence electrons. The van der Waals surface area contributed by atoms with Gasteiger partial charge in [-0.15, -0.1) is 0 Å². The summed E-state index contributed by atoms with van der Waals surface area (Å²) in [6, 6.07) is 5.87. The first-order chi connectivity index (χ1) is 22.7. The van der Waals surface area contributed by atoms with Gasteiger partial charge in [-0.3, -0.25) is 9.78 Å². The van der Waals surface area contributed by atoms with E-state index in [0.717, 1.165) is 91.2 Å². The summed E-state index contributed by atoms with van der Waals surface area (Å²) < 4.78 is 5.01. The molecule has 8 nitrogen and oxygen atoms in total. The van der Waals surface area contributed by atoms with Crippen molar-refractivity contribution in [2.24, 2.45) is 26.8 Å². The Hall–Kier alpha value is -5.11. The molecule has 6 aliphatic rings. The number of fused-ring (bicyclic) bond motifs is 5. The summed E-state index contributed by atoms with van der Waals surface area (Å²) in [5.74, 6) is 0.160. The van der Waals surface area contributed by atoms with Gasteiger partial charge in [-0.25, -0.2) is 15.0 Å². The van der Waals surface area contributed by atoms with Crippen LogP contribution in [0.5, 0.6) is 0 Å². The van der Waals surface area contributed by atoms with Crippen LogP contribution < -0.4 is 5.32 Å². The SMILES string of the molecule is CCC1=C(C)C2=NC1=CC1=C(C)C3=C(O)CC(=C4NC(=CC5=NC(=C2)C(/C=C/c2ccccn2)=C5C)[C@@H](C)[C@@H]4CCC(=O)OC)C3=N1. The smallest absolute Gasteiger partial charge is 0.305 e. The highest BCUT2D eigenvalue weighted by Gasteiger charge is 2.41. The van der Waals surface area contributed by atoms with Gasteiger partial charge in [0.25, 0.3) is 0 Å². The third-order valence-electron chi connectivity index (χ3n) is 10.1. The largest absolute Gasteiger partial charge is 0.511 e. The number of aliphatic imine (C=N–C) groups is 3. The summed E-state index contributed by atoms with van der Waals surface area (Å²) in [7, 11) is 1.43. The lowest BCUT2D eigenvalue weighted by molar-refractivity contribution is -0.140. The molecule has 1 aromatic rings. The van der Waals surface area contributed by atoms with E-state index >= 15 is 0 Å². The molecule has 1 saturated heterocycles. The Morgan fingerprint density at radius 3 is 2.55 bits per heavy atom. The first kappa shape index (κ1) is 30.5. The van der Waals surface area contributed by atoms with E-state index in [4.69, 9.17) is 19.7 Å². The molecule has 8 heteroatoms. The van der Waals surface area contributed by atoms with E-state index in [9.17, 15) is 9.90 Å². The summed E-state index contributed by atoms with van der Waals surface area (Å²) in [6.07, 6.45) is 14.3. The van der Waals surface area contributed by atoms with Crippen molar-refractivity contribution < 1.29 is 14.6 Å². The topological polar surface area (TPSA) is 109 Å². The number of nitrogens with one attached hydrogen (secondary N) is 1. The summed E-state index contributed by atoms with van der Waals surface area (Å²) >= 11 is 0. The second-order valence-corrected chi connectivity index (χ2v) is 12.7. The lowest BCUT2D eigenvalue weighted by Crippen LogP contribution is -2.16.